The fourth-order valence-corrected chi connectivity index (χ4v) is 3.45. The first-order valence-corrected chi connectivity index (χ1v) is 8.49. The number of aromatic nitrogens is 5. The van der Waals surface area contributed by atoms with Crippen molar-refractivity contribution in [1.82, 2.24) is 30.1 Å². The summed E-state index contributed by atoms with van der Waals surface area (Å²) in [7, 11) is 0. The number of hydrogen-bond acceptors (Lipinski definition) is 5. The van der Waals surface area contributed by atoms with E-state index in [2.05, 4.69) is 51.1 Å². The lowest BCUT2D eigenvalue weighted by molar-refractivity contribution is -0.0417. The molecule has 1 aliphatic rings. The van der Waals surface area contributed by atoms with Gasteiger partial charge in [-0.05, 0) is 38.3 Å². The Bertz CT molecular complexity index is 606. The number of likely N-dealkylation sites (tertiary alicyclic amines) is 1. The maximum absolute atomic E-state index is 10.9. The Morgan fingerprint density at radius 1 is 1.39 bits per heavy atom. The normalized spacial score (nSPS) is 22.8. The van der Waals surface area contributed by atoms with Crippen LogP contribution in [0.4, 0.5) is 0 Å². The quantitative estimate of drug-likeness (QED) is 0.849. The van der Waals surface area contributed by atoms with Crippen LogP contribution in [0.1, 0.15) is 57.0 Å². The van der Waals surface area contributed by atoms with E-state index in [1.807, 2.05) is 0 Å². The maximum Gasteiger partial charge on any atom is 0.123 e. The highest BCUT2D eigenvalue weighted by Gasteiger charge is 2.37. The minimum atomic E-state index is -0.914. The zero-order chi connectivity index (χ0) is 16.3. The van der Waals surface area contributed by atoms with Crippen molar-refractivity contribution >= 4 is 0 Å². The summed E-state index contributed by atoms with van der Waals surface area (Å²) in [4.78, 5) is 2.25. The molecule has 1 unspecified atom stereocenters. The Labute approximate surface area is 136 Å². The minimum Gasteiger partial charge on any atom is -0.382 e. The summed E-state index contributed by atoms with van der Waals surface area (Å²) in [5.41, 5.74) is 0.773. The van der Waals surface area contributed by atoms with Crippen molar-refractivity contribution in [3.63, 3.8) is 0 Å². The fraction of sp³-hybridized carbons (Fsp3) is 0.688. The molecule has 2 aromatic rings. The average Bonchev–Trinajstić information content (AvgIpc) is 3.21. The molecule has 23 heavy (non-hydrogen) atoms. The summed E-state index contributed by atoms with van der Waals surface area (Å²) in [5, 5.41) is 26.1. The largest absolute Gasteiger partial charge is 0.382 e. The predicted octanol–water partition coefficient (Wildman–Crippen LogP) is 1.85. The summed E-state index contributed by atoms with van der Waals surface area (Å²) in [6.07, 6.45) is 7.53. The molecule has 3 rings (SSSR count). The van der Waals surface area contributed by atoms with E-state index < -0.39 is 5.60 Å². The van der Waals surface area contributed by atoms with Crippen LogP contribution in [0.2, 0.25) is 0 Å². The van der Waals surface area contributed by atoms with Gasteiger partial charge in [-0.3, -0.25) is 9.58 Å². The molecule has 7 heteroatoms. The van der Waals surface area contributed by atoms with E-state index in [1.54, 1.807) is 6.20 Å². The molecule has 3 heterocycles. The molecular formula is C16H26N6O. The van der Waals surface area contributed by atoms with Crippen LogP contribution in [-0.4, -0.2) is 48.3 Å². The van der Waals surface area contributed by atoms with Gasteiger partial charge in [0.15, 0.2) is 0 Å². The van der Waals surface area contributed by atoms with Gasteiger partial charge in [0.1, 0.15) is 11.3 Å². The molecule has 2 N–H and O–H groups in total. The van der Waals surface area contributed by atoms with Crippen molar-refractivity contribution in [2.75, 3.05) is 13.1 Å². The van der Waals surface area contributed by atoms with Gasteiger partial charge in [-0.2, -0.15) is 20.5 Å². The average molecular weight is 318 g/mol. The standard InChI is InChI=1S/C16H26N6O/c1-3-14(4-2)22-9-6-13(19-22)11-21-8-5-7-16(23,12-21)15-10-17-20-18-15/h6,9-10,14,23H,3-5,7-8,11-12H2,1-2H3,(H,17,18,20). The van der Waals surface area contributed by atoms with E-state index >= 15 is 0 Å². The number of β-amino-alcohol motifs (C(OH)–C–C–N with tert-alkyl or cyclic N) is 1. The Kier molecular flexibility index (Phi) is 4.77. The third-order valence-electron chi connectivity index (χ3n) is 4.81. The van der Waals surface area contributed by atoms with Gasteiger partial charge in [0.05, 0.1) is 17.9 Å². The number of aromatic amines is 1. The van der Waals surface area contributed by atoms with E-state index in [0.717, 1.165) is 44.5 Å². The van der Waals surface area contributed by atoms with E-state index in [4.69, 9.17) is 5.10 Å². The summed E-state index contributed by atoms with van der Waals surface area (Å²) >= 11 is 0. The lowest BCUT2D eigenvalue weighted by Gasteiger charge is -2.37. The van der Waals surface area contributed by atoms with Crippen molar-refractivity contribution in [2.24, 2.45) is 0 Å². The molecule has 0 saturated carbocycles. The first kappa shape index (κ1) is 16.1. The second-order valence-corrected chi connectivity index (χ2v) is 6.46. The molecule has 0 radical (unpaired) electrons. The summed E-state index contributed by atoms with van der Waals surface area (Å²) in [6, 6.07) is 2.55. The van der Waals surface area contributed by atoms with Crippen molar-refractivity contribution in [3.05, 3.63) is 29.8 Å². The second kappa shape index (κ2) is 6.80. The second-order valence-electron chi connectivity index (χ2n) is 6.46. The summed E-state index contributed by atoms with van der Waals surface area (Å²) in [6.45, 7) is 6.68. The van der Waals surface area contributed by atoms with E-state index in [1.165, 1.54) is 0 Å². The number of hydrogen-bond donors (Lipinski definition) is 2. The molecule has 1 saturated heterocycles. The maximum atomic E-state index is 10.9. The first-order chi connectivity index (χ1) is 11.1. The lowest BCUT2D eigenvalue weighted by atomic mass is 9.90. The van der Waals surface area contributed by atoms with Gasteiger partial charge >= 0.3 is 0 Å². The zero-order valence-corrected chi connectivity index (χ0v) is 13.9. The molecule has 1 aliphatic heterocycles. The van der Waals surface area contributed by atoms with Crippen molar-refractivity contribution < 1.29 is 5.11 Å². The van der Waals surface area contributed by atoms with E-state index in [0.29, 0.717) is 18.3 Å². The zero-order valence-electron chi connectivity index (χ0n) is 13.9. The number of H-pyrrole nitrogens is 1. The fourth-order valence-electron chi connectivity index (χ4n) is 3.45. The van der Waals surface area contributed by atoms with Gasteiger partial charge in [-0.15, -0.1) is 0 Å². The van der Waals surface area contributed by atoms with Crippen LogP contribution in [0.5, 0.6) is 0 Å². The number of piperidine rings is 1. The van der Waals surface area contributed by atoms with Crippen LogP contribution < -0.4 is 0 Å². The van der Waals surface area contributed by atoms with Crippen LogP contribution in [0, 0.1) is 0 Å². The van der Waals surface area contributed by atoms with Crippen LogP contribution in [0.15, 0.2) is 18.5 Å². The number of nitrogens with one attached hydrogen (secondary N) is 1. The molecule has 0 bridgehead atoms. The van der Waals surface area contributed by atoms with Crippen LogP contribution >= 0.6 is 0 Å². The Hall–Kier alpha value is -1.73. The molecule has 126 valence electrons. The summed E-state index contributed by atoms with van der Waals surface area (Å²) in [5.74, 6) is 0. The third-order valence-corrected chi connectivity index (χ3v) is 4.81. The minimum absolute atomic E-state index is 0.470. The van der Waals surface area contributed by atoms with Gasteiger partial charge in [-0.25, -0.2) is 0 Å². The summed E-state index contributed by atoms with van der Waals surface area (Å²) < 4.78 is 2.07. The molecule has 2 aromatic heterocycles. The van der Waals surface area contributed by atoms with Crippen LogP contribution in [0.3, 0.4) is 0 Å². The van der Waals surface area contributed by atoms with Crippen molar-refractivity contribution in [2.45, 2.75) is 57.7 Å². The van der Waals surface area contributed by atoms with Crippen molar-refractivity contribution in [1.29, 1.82) is 0 Å². The smallest absolute Gasteiger partial charge is 0.123 e. The van der Waals surface area contributed by atoms with Gasteiger partial charge in [0, 0.05) is 19.3 Å². The number of rotatable bonds is 6. The van der Waals surface area contributed by atoms with Crippen molar-refractivity contribution in [3.8, 4) is 0 Å². The highest BCUT2D eigenvalue weighted by Crippen LogP contribution is 2.30. The number of nitrogens with zero attached hydrogens (tertiary/aromatic N) is 5. The Morgan fingerprint density at radius 3 is 2.91 bits per heavy atom. The van der Waals surface area contributed by atoms with Crippen LogP contribution in [-0.2, 0) is 12.1 Å². The Balaban J connectivity index is 1.66. The molecular weight excluding hydrogens is 292 g/mol. The molecule has 1 fully saturated rings. The SMILES string of the molecule is CCC(CC)n1ccc(CN2CCCC(O)(c3cn[nH]n3)C2)n1. The highest BCUT2D eigenvalue weighted by molar-refractivity contribution is 5.09. The predicted molar refractivity (Wildman–Crippen MR) is 86.6 cm³/mol. The molecule has 0 amide bonds. The molecule has 7 nitrogen and oxygen atoms in total. The van der Waals surface area contributed by atoms with Gasteiger partial charge in [0.25, 0.3) is 0 Å². The van der Waals surface area contributed by atoms with Gasteiger partial charge in [0.2, 0.25) is 0 Å². The molecule has 0 spiro atoms. The third kappa shape index (κ3) is 3.45. The lowest BCUT2D eigenvalue weighted by Crippen LogP contribution is -2.46. The number of aliphatic hydroxyl groups is 1. The van der Waals surface area contributed by atoms with Gasteiger partial charge < -0.3 is 5.11 Å². The topological polar surface area (TPSA) is 82.9 Å². The van der Waals surface area contributed by atoms with E-state index in [-0.39, 0.29) is 0 Å². The Morgan fingerprint density at radius 2 is 2.22 bits per heavy atom. The molecule has 0 aliphatic carbocycles. The van der Waals surface area contributed by atoms with Crippen LogP contribution in [0.25, 0.3) is 0 Å². The molecule has 1 atom stereocenters. The monoisotopic (exact) mass is 318 g/mol. The molecule has 0 aromatic carbocycles. The first-order valence-electron chi connectivity index (χ1n) is 8.49. The van der Waals surface area contributed by atoms with E-state index in [9.17, 15) is 5.11 Å². The highest BCUT2D eigenvalue weighted by atomic mass is 16.3. The van der Waals surface area contributed by atoms with Gasteiger partial charge in [-0.1, -0.05) is 13.8 Å².